The summed E-state index contributed by atoms with van der Waals surface area (Å²) in [6.07, 6.45) is 0.294. The Kier molecular flexibility index (Phi) is 3.43. The molecule has 0 saturated heterocycles. The first-order valence-corrected chi connectivity index (χ1v) is 5.40. The highest BCUT2D eigenvalue weighted by atomic mass is 16.5. The van der Waals surface area contributed by atoms with Gasteiger partial charge in [-0.05, 0) is 24.6 Å². The van der Waals surface area contributed by atoms with E-state index in [9.17, 15) is 9.90 Å². The first-order chi connectivity index (χ1) is 8.61. The molecule has 0 radical (unpaired) electrons. The van der Waals surface area contributed by atoms with Crippen molar-refractivity contribution < 1.29 is 19.1 Å². The number of rotatable bonds is 3. The van der Waals surface area contributed by atoms with Crippen LogP contribution in [0.2, 0.25) is 0 Å². The zero-order valence-electron chi connectivity index (χ0n) is 10.1. The predicted molar refractivity (Wildman–Crippen MR) is 63.7 cm³/mol. The summed E-state index contributed by atoms with van der Waals surface area (Å²) in [4.78, 5) is 15.4. The van der Waals surface area contributed by atoms with Gasteiger partial charge in [-0.2, -0.15) is 0 Å². The number of ether oxygens (including phenoxy) is 1. The molecule has 1 aromatic heterocycles. The maximum absolute atomic E-state index is 11.2. The Hall–Kier alpha value is -2.14. The number of carbonyl (C=O) groups is 1. The molecule has 0 saturated carbocycles. The Morgan fingerprint density at radius 1 is 1.39 bits per heavy atom. The van der Waals surface area contributed by atoms with Crippen molar-refractivity contribution >= 4 is 5.97 Å². The van der Waals surface area contributed by atoms with E-state index >= 15 is 0 Å². The zero-order chi connectivity index (χ0) is 13.1. The molecule has 18 heavy (non-hydrogen) atoms. The summed E-state index contributed by atoms with van der Waals surface area (Å²) in [6.45, 7) is 1.84. The molecule has 94 valence electrons. The fourth-order valence-electron chi connectivity index (χ4n) is 1.54. The number of aliphatic hydroxyl groups excluding tert-OH is 1. The molecule has 0 bridgehead atoms. The maximum Gasteiger partial charge on any atom is 0.339 e. The molecule has 1 N–H and O–H groups in total. The molecule has 1 heterocycles. The lowest BCUT2D eigenvalue weighted by atomic mass is 10.1. The van der Waals surface area contributed by atoms with Crippen LogP contribution in [0.5, 0.6) is 0 Å². The summed E-state index contributed by atoms with van der Waals surface area (Å²) >= 11 is 0. The Bertz CT molecular complexity index is 544. The molecule has 0 amide bonds. The van der Waals surface area contributed by atoms with Crippen molar-refractivity contribution in [1.29, 1.82) is 0 Å². The molecule has 2 aromatic rings. The van der Waals surface area contributed by atoms with Gasteiger partial charge in [0.05, 0.1) is 12.8 Å². The first kappa shape index (κ1) is 12.3. The highest BCUT2D eigenvalue weighted by molar-refractivity contribution is 5.76. The lowest BCUT2D eigenvalue weighted by molar-refractivity contribution is -0.150. The SMILES string of the molecule is COC(=O)C(O)c1ccc(-c2nc(C)co2)cc1. The van der Waals surface area contributed by atoms with E-state index in [1.54, 1.807) is 30.5 Å². The maximum atomic E-state index is 11.2. The van der Waals surface area contributed by atoms with Gasteiger partial charge < -0.3 is 14.3 Å². The molecule has 1 unspecified atom stereocenters. The number of hydrogen-bond donors (Lipinski definition) is 1. The molecule has 1 atom stereocenters. The summed E-state index contributed by atoms with van der Waals surface area (Å²) in [5.41, 5.74) is 2.04. The lowest BCUT2D eigenvalue weighted by Gasteiger charge is -2.08. The zero-order valence-corrected chi connectivity index (χ0v) is 10.1. The van der Waals surface area contributed by atoms with E-state index < -0.39 is 12.1 Å². The smallest absolute Gasteiger partial charge is 0.339 e. The van der Waals surface area contributed by atoms with Gasteiger partial charge in [0.15, 0.2) is 6.10 Å². The van der Waals surface area contributed by atoms with Crippen LogP contribution in [0.3, 0.4) is 0 Å². The van der Waals surface area contributed by atoms with Gasteiger partial charge in [0.1, 0.15) is 6.26 Å². The van der Waals surface area contributed by atoms with Crippen LogP contribution in [0.15, 0.2) is 34.9 Å². The molecular weight excluding hydrogens is 234 g/mol. The third-order valence-electron chi connectivity index (χ3n) is 2.52. The van der Waals surface area contributed by atoms with E-state index in [-0.39, 0.29) is 0 Å². The molecule has 5 heteroatoms. The van der Waals surface area contributed by atoms with Crippen molar-refractivity contribution in [1.82, 2.24) is 4.98 Å². The standard InChI is InChI=1S/C13H13NO4/c1-8-7-18-12(14-8)10-5-3-9(4-6-10)11(15)13(16)17-2/h3-7,11,15H,1-2H3. The fraction of sp³-hybridized carbons (Fsp3) is 0.231. The van der Waals surface area contributed by atoms with Crippen LogP contribution in [0.25, 0.3) is 11.5 Å². The van der Waals surface area contributed by atoms with Crippen LogP contribution in [-0.2, 0) is 9.53 Å². The number of oxazole rings is 1. The van der Waals surface area contributed by atoms with Gasteiger partial charge in [0, 0.05) is 5.56 Å². The highest BCUT2D eigenvalue weighted by Crippen LogP contribution is 2.21. The van der Waals surface area contributed by atoms with E-state index in [0.717, 1.165) is 11.3 Å². The minimum absolute atomic E-state index is 0.467. The normalized spacial score (nSPS) is 12.2. The van der Waals surface area contributed by atoms with Crippen molar-refractivity contribution in [2.75, 3.05) is 7.11 Å². The molecule has 0 aliphatic rings. The van der Waals surface area contributed by atoms with E-state index in [2.05, 4.69) is 9.72 Å². The van der Waals surface area contributed by atoms with Crippen molar-refractivity contribution in [3.05, 3.63) is 41.8 Å². The van der Waals surface area contributed by atoms with E-state index in [1.807, 2.05) is 6.92 Å². The molecule has 2 rings (SSSR count). The summed E-state index contributed by atoms with van der Waals surface area (Å²) in [6, 6.07) is 6.73. The number of aromatic nitrogens is 1. The van der Waals surface area contributed by atoms with Gasteiger partial charge in [-0.25, -0.2) is 9.78 Å². The van der Waals surface area contributed by atoms with Crippen molar-refractivity contribution in [2.24, 2.45) is 0 Å². The van der Waals surface area contributed by atoms with Crippen molar-refractivity contribution in [3.8, 4) is 11.5 Å². The molecule has 0 aliphatic carbocycles. The van der Waals surface area contributed by atoms with Crippen LogP contribution >= 0.6 is 0 Å². The molecule has 5 nitrogen and oxygen atoms in total. The average molecular weight is 247 g/mol. The molecule has 0 spiro atoms. The molecular formula is C13H13NO4. The third kappa shape index (κ3) is 2.41. The quantitative estimate of drug-likeness (QED) is 0.838. The number of carbonyl (C=O) groups excluding carboxylic acids is 1. The highest BCUT2D eigenvalue weighted by Gasteiger charge is 2.17. The molecule has 0 aliphatic heterocycles. The monoisotopic (exact) mass is 247 g/mol. The first-order valence-electron chi connectivity index (χ1n) is 5.40. The Labute approximate surface area is 104 Å². The number of esters is 1. The minimum atomic E-state index is -1.27. The van der Waals surface area contributed by atoms with Gasteiger partial charge in [0.2, 0.25) is 5.89 Å². The number of methoxy groups -OCH3 is 1. The van der Waals surface area contributed by atoms with E-state index in [1.165, 1.54) is 7.11 Å². The summed E-state index contributed by atoms with van der Waals surface area (Å²) in [7, 11) is 1.23. The van der Waals surface area contributed by atoms with E-state index in [4.69, 9.17) is 4.42 Å². The van der Waals surface area contributed by atoms with Gasteiger partial charge >= 0.3 is 5.97 Å². The second kappa shape index (κ2) is 5.01. The van der Waals surface area contributed by atoms with Gasteiger partial charge in [-0.15, -0.1) is 0 Å². The minimum Gasteiger partial charge on any atom is -0.467 e. The Morgan fingerprint density at radius 3 is 2.56 bits per heavy atom. The van der Waals surface area contributed by atoms with Crippen molar-refractivity contribution in [3.63, 3.8) is 0 Å². The Balaban J connectivity index is 2.22. The van der Waals surface area contributed by atoms with Gasteiger partial charge in [-0.3, -0.25) is 0 Å². The number of nitrogens with zero attached hydrogens (tertiary/aromatic N) is 1. The molecule has 1 aromatic carbocycles. The average Bonchev–Trinajstić information content (AvgIpc) is 2.84. The third-order valence-corrected chi connectivity index (χ3v) is 2.52. The predicted octanol–water partition coefficient (Wildman–Crippen LogP) is 1.86. The largest absolute Gasteiger partial charge is 0.467 e. The van der Waals surface area contributed by atoms with Gasteiger partial charge in [0.25, 0.3) is 0 Å². The van der Waals surface area contributed by atoms with Crippen LogP contribution in [0, 0.1) is 6.92 Å². The number of aliphatic hydroxyl groups is 1. The fourth-order valence-corrected chi connectivity index (χ4v) is 1.54. The van der Waals surface area contributed by atoms with E-state index in [0.29, 0.717) is 11.5 Å². The van der Waals surface area contributed by atoms with Crippen LogP contribution in [-0.4, -0.2) is 23.2 Å². The lowest BCUT2D eigenvalue weighted by Crippen LogP contribution is -2.13. The number of benzene rings is 1. The van der Waals surface area contributed by atoms with Crippen LogP contribution in [0.1, 0.15) is 17.4 Å². The summed E-state index contributed by atoms with van der Waals surface area (Å²) < 4.78 is 9.72. The molecule has 0 fully saturated rings. The second-order valence-electron chi connectivity index (χ2n) is 3.84. The van der Waals surface area contributed by atoms with Crippen LogP contribution < -0.4 is 0 Å². The Morgan fingerprint density at radius 2 is 2.06 bits per heavy atom. The summed E-state index contributed by atoms with van der Waals surface area (Å²) in [5, 5.41) is 9.64. The summed E-state index contributed by atoms with van der Waals surface area (Å²) in [5.74, 6) is -0.179. The second-order valence-corrected chi connectivity index (χ2v) is 3.84. The van der Waals surface area contributed by atoms with Crippen molar-refractivity contribution in [2.45, 2.75) is 13.0 Å². The van der Waals surface area contributed by atoms with Gasteiger partial charge in [-0.1, -0.05) is 12.1 Å². The number of aryl methyl sites for hydroxylation is 1. The number of hydrogen-bond acceptors (Lipinski definition) is 5. The topological polar surface area (TPSA) is 72.6 Å². The van der Waals surface area contributed by atoms with Crippen LogP contribution in [0.4, 0.5) is 0 Å².